The standard InChI is InChI=1S/C7H8ClNS/c1-4-2-5(10)3-6(8)7(4)9/h2-3,10H,9H2,1H3. The Morgan fingerprint density at radius 3 is 2.60 bits per heavy atom. The van der Waals surface area contributed by atoms with E-state index in [4.69, 9.17) is 17.3 Å². The van der Waals surface area contributed by atoms with Crippen LogP contribution in [0.1, 0.15) is 5.56 Å². The minimum absolute atomic E-state index is 0.574. The molecule has 1 rings (SSSR count). The third-order valence-electron chi connectivity index (χ3n) is 1.32. The molecule has 0 amide bonds. The van der Waals surface area contributed by atoms with Crippen molar-refractivity contribution >= 4 is 29.9 Å². The Morgan fingerprint density at radius 2 is 2.10 bits per heavy atom. The van der Waals surface area contributed by atoms with Gasteiger partial charge < -0.3 is 5.73 Å². The van der Waals surface area contributed by atoms with Gasteiger partial charge in [0.15, 0.2) is 0 Å². The van der Waals surface area contributed by atoms with Gasteiger partial charge in [0.25, 0.3) is 0 Å². The molecule has 1 aromatic rings. The molecule has 0 radical (unpaired) electrons. The van der Waals surface area contributed by atoms with Gasteiger partial charge in [-0.3, -0.25) is 0 Å². The maximum atomic E-state index is 5.75. The summed E-state index contributed by atoms with van der Waals surface area (Å²) in [4.78, 5) is 0.844. The first-order valence-corrected chi connectivity index (χ1v) is 3.68. The summed E-state index contributed by atoms with van der Waals surface area (Å²) in [6, 6.07) is 3.61. The normalized spacial score (nSPS) is 9.90. The van der Waals surface area contributed by atoms with E-state index in [1.54, 1.807) is 6.07 Å². The van der Waals surface area contributed by atoms with Crippen molar-refractivity contribution < 1.29 is 0 Å². The molecule has 0 saturated heterocycles. The van der Waals surface area contributed by atoms with Crippen molar-refractivity contribution in [3.63, 3.8) is 0 Å². The molecule has 0 spiro atoms. The van der Waals surface area contributed by atoms with Crippen LogP contribution in [0.5, 0.6) is 0 Å². The minimum Gasteiger partial charge on any atom is -0.397 e. The molecule has 2 N–H and O–H groups in total. The smallest absolute Gasteiger partial charge is 0.0649 e. The van der Waals surface area contributed by atoms with E-state index in [-0.39, 0.29) is 0 Å². The zero-order chi connectivity index (χ0) is 7.72. The van der Waals surface area contributed by atoms with E-state index in [1.165, 1.54) is 0 Å². The maximum Gasteiger partial charge on any atom is 0.0649 e. The highest BCUT2D eigenvalue weighted by Gasteiger charge is 1.99. The Bertz CT molecular complexity index is 237. The van der Waals surface area contributed by atoms with Crippen LogP contribution in [0.4, 0.5) is 5.69 Å². The fraction of sp³-hybridized carbons (Fsp3) is 0.143. The first-order valence-electron chi connectivity index (χ1n) is 2.86. The van der Waals surface area contributed by atoms with E-state index in [1.807, 2.05) is 13.0 Å². The van der Waals surface area contributed by atoms with Gasteiger partial charge in [-0.1, -0.05) is 11.6 Å². The quantitative estimate of drug-likeness (QED) is 0.458. The summed E-state index contributed by atoms with van der Waals surface area (Å²) < 4.78 is 0. The molecular formula is C7H8ClNS. The van der Waals surface area contributed by atoms with Crippen LogP contribution >= 0.6 is 24.2 Å². The highest BCUT2D eigenvalue weighted by molar-refractivity contribution is 7.80. The largest absolute Gasteiger partial charge is 0.397 e. The molecule has 0 heterocycles. The lowest BCUT2D eigenvalue weighted by atomic mass is 10.2. The lowest BCUT2D eigenvalue weighted by Crippen LogP contribution is -1.90. The number of nitrogens with two attached hydrogens (primary N) is 1. The van der Waals surface area contributed by atoms with Gasteiger partial charge in [0.2, 0.25) is 0 Å². The second-order valence-corrected chi connectivity index (χ2v) is 3.08. The first kappa shape index (κ1) is 7.76. The van der Waals surface area contributed by atoms with Crippen LogP contribution < -0.4 is 5.73 Å². The van der Waals surface area contributed by atoms with Gasteiger partial charge in [0.1, 0.15) is 0 Å². The summed E-state index contributed by atoms with van der Waals surface area (Å²) >= 11 is 9.88. The zero-order valence-corrected chi connectivity index (χ0v) is 7.21. The monoisotopic (exact) mass is 173 g/mol. The summed E-state index contributed by atoms with van der Waals surface area (Å²) in [6.07, 6.45) is 0. The Hall–Kier alpha value is -0.340. The van der Waals surface area contributed by atoms with Gasteiger partial charge >= 0.3 is 0 Å². The first-order chi connectivity index (χ1) is 4.61. The summed E-state index contributed by atoms with van der Waals surface area (Å²) in [6.45, 7) is 1.90. The number of hydrogen-bond acceptors (Lipinski definition) is 2. The Kier molecular flexibility index (Phi) is 2.11. The molecule has 0 aliphatic carbocycles. The molecule has 0 aliphatic heterocycles. The number of hydrogen-bond donors (Lipinski definition) is 2. The van der Waals surface area contributed by atoms with E-state index in [0.29, 0.717) is 10.7 Å². The number of benzene rings is 1. The average molecular weight is 174 g/mol. The van der Waals surface area contributed by atoms with Crippen LogP contribution in [0.2, 0.25) is 5.02 Å². The zero-order valence-electron chi connectivity index (χ0n) is 5.56. The predicted molar refractivity (Wildman–Crippen MR) is 47.9 cm³/mol. The lowest BCUT2D eigenvalue weighted by molar-refractivity contribution is 1.37. The number of anilines is 1. The van der Waals surface area contributed by atoms with E-state index in [9.17, 15) is 0 Å². The van der Waals surface area contributed by atoms with Gasteiger partial charge in [0, 0.05) is 4.90 Å². The third kappa shape index (κ3) is 1.39. The summed E-state index contributed by atoms with van der Waals surface area (Å²) in [7, 11) is 0. The molecule has 0 saturated carbocycles. The molecule has 1 aromatic carbocycles. The van der Waals surface area contributed by atoms with E-state index in [0.717, 1.165) is 10.5 Å². The van der Waals surface area contributed by atoms with Gasteiger partial charge in [-0.05, 0) is 24.6 Å². The molecule has 3 heteroatoms. The fourth-order valence-electron chi connectivity index (χ4n) is 0.737. The SMILES string of the molecule is Cc1cc(S)cc(Cl)c1N. The Balaban J connectivity index is 3.31. The molecule has 0 aliphatic rings. The predicted octanol–water partition coefficient (Wildman–Crippen LogP) is 2.52. The van der Waals surface area contributed by atoms with Crippen molar-refractivity contribution in [2.45, 2.75) is 11.8 Å². The summed E-state index contributed by atoms with van der Waals surface area (Å²) in [5, 5.41) is 0.574. The van der Waals surface area contributed by atoms with Crippen molar-refractivity contribution in [2.75, 3.05) is 5.73 Å². The van der Waals surface area contributed by atoms with Crippen molar-refractivity contribution in [3.8, 4) is 0 Å². The van der Waals surface area contributed by atoms with E-state index in [2.05, 4.69) is 12.6 Å². The van der Waals surface area contributed by atoms with Crippen LogP contribution in [0, 0.1) is 6.92 Å². The molecule has 1 nitrogen and oxygen atoms in total. The Labute approximate surface area is 70.6 Å². The number of nitrogen functional groups attached to an aromatic ring is 1. The molecule has 0 aromatic heterocycles. The topological polar surface area (TPSA) is 26.0 Å². The maximum absolute atomic E-state index is 5.75. The lowest BCUT2D eigenvalue weighted by Gasteiger charge is -2.02. The molecule has 0 atom stereocenters. The van der Waals surface area contributed by atoms with Crippen molar-refractivity contribution in [2.24, 2.45) is 0 Å². The van der Waals surface area contributed by atoms with Crippen LogP contribution in [-0.2, 0) is 0 Å². The molecule has 0 bridgehead atoms. The highest BCUT2D eigenvalue weighted by atomic mass is 35.5. The third-order valence-corrected chi connectivity index (χ3v) is 1.89. The molecule has 0 unspecified atom stereocenters. The van der Waals surface area contributed by atoms with Crippen molar-refractivity contribution in [1.29, 1.82) is 0 Å². The summed E-state index contributed by atoms with van der Waals surface area (Å²) in [5.41, 5.74) is 7.19. The van der Waals surface area contributed by atoms with Gasteiger partial charge in [-0.25, -0.2) is 0 Å². The molecular weight excluding hydrogens is 166 g/mol. The second kappa shape index (κ2) is 2.72. The van der Waals surface area contributed by atoms with Gasteiger partial charge in [-0.15, -0.1) is 12.6 Å². The van der Waals surface area contributed by atoms with Crippen LogP contribution in [0.25, 0.3) is 0 Å². The van der Waals surface area contributed by atoms with Crippen LogP contribution in [0.15, 0.2) is 17.0 Å². The number of thiol groups is 1. The van der Waals surface area contributed by atoms with Crippen molar-refractivity contribution in [3.05, 3.63) is 22.7 Å². The van der Waals surface area contributed by atoms with Crippen LogP contribution in [-0.4, -0.2) is 0 Å². The van der Waals surface area contributed by atoms with Gasteiger partial charge in [-0.2, -0.15) is 0 Å². The van der Waals surface area contributed by atoms with Gasteiger partial charge in [0.05, 0.1) is 10.7 Å². The fourth-order valence-corrected chi connectivity index (χ4v) is 1.40. The molecule has 54 valence electrons. The number of aryl methyl sites for hydroxylation is 1. The van der Waals surface area contributed by atoms with E-state index < -0.39 is 0 Å². The molecule has 0 fully saturated rings. The Morgan fingerprint density at radius 1 is 1.50 bits per heavy atom. The number of halogens is 1. The minimum atomic E-state index is 0.574. The summed E-state index contributed by atoms with van der Waals surface area (Å²) in [5.74, 6) is 0. The van der Waals surface area contributed by atoms with Crippen LogP contribution in [0.3, 0.4) is 0 Å². The van der Waals surface area contributed by atoms with Crippen molar-refractivity contribution in [1.82, 2.24) is 0 Å². The number of rotatable bonds is 0. The molecule has 10 heavy (non-hydrogen) atoms. The average Bonchev–Trinajstić information content (AvgIpc) is 1.82. The van der Waals surface area contributed by atoms with E-state index >= 15 is 0 Å². The second-order valence-electron chi connectivity index (χ2n) is 2.16. The highest BCUT2D eigenvalue weighted by Crippen LogP contribution is 2.25.